The fraction of sp³-hybridized carbons (Fsp3) is 0.367. The second kappa shape index (κ2) is 12.0. The van der Waals surface area contributed by atoms with Gasteiger partial charge in [-0.3, -0.25) is 9.89 Å². The largest absolute Gasteiger partial charge is 0.417 e. The topological polar surface area (TPSA) is 130 Å². The number of nitrogens with one attached hydrogen (secondary N) is 2. The van der Waals surface area contributed by atoms with Crippen molar-refractivity contribution in [3.05, 3.63) is 88.8 Å². The molecule has 13 heteroatoms. The first-order valence-corrected chi connectivity index (χ1v) is 15.2. The van der Waals surface area contributed by atoms with Crippen LogP contribution in [0.4, 0.5) is 13.2 Å². The zero-order valence-electron chi connectivity index (χ0n) is 24.5. The summed E-state index contributed by atoms with van der Waals surface area (Å²) in [4.78, 5) is 18.2. The van der Waals surface area contributed by atoms with Gasteiger partial charge in [-0.2, -0.15) is 18.3 Å². The molecule has 2 aromatic carbocycles. The smallest absolute Gasteiger partial charge is 0.394 e. The minimum absolute atomic E-state index is 0.000450. The number of hydrogen-bond acceptors (Lipinski definition) is 6. The summed E-state index contributed by atoms with van der Waals surface area (Å²) in [6, 6.07) is 9.32. The molecule has 0 aliphatic heterocycles. The Balaban J connectivity index is 1.72. The van der Waals surface area contributed by atoms with Crippen molar-refractivity contribution in [2.24, 2.45) is 0 Å². The number of carbonyl (C=O) groups excluding carboxylic acids is 1. The molecule has 0 fully saturated rings. The molecular formula is C30H34F3N5O4S. The van der Waals surface area contributed by atoms with Crippen LogP contribution in [0.3, 0.4) is 0 Å². The Bertz CT molecular complexity index is 1710. The highest BCUT2D eigenvalue weighted by Crippen LogP contribution is 2.40. The maximum Gasteiger partial charge on any atom is 0.417 e. The Morgan fingerprint density at radius 3 is 2.33 bits per heavy atom. The summed E-state index contributed by atoms with van der Waals surface area (Å²) in [5, 5.41) is 19.1. The third kappa shape index (κ3) is 6.67. The SMILES string of the molecule is CCS(=O)(=O)c1ccc([C@H](CO)NC(=O)c2nc(C(C)(C)C)n(Cc3cccc(-c4cn[nH]c4)c3C(F)(F)F)c2C)cc1. The van der Waals surface area contributed by atoms with Crippen LogP contribution < -0.4 is 5.32 Å². The molecule has 43 heavy (non-hydrogen) atoms. The van der Waals surface area contributed by atoms with Gasteiger partial charge in [-0.15, -0.1) is 0 Å². The zero-order valence-corrected chi connectivity index (χ0v) is 25.3. The number of sulfone groups is 1. The lowest BCUT2D eigenvalue weighted by Gasteiger charge is -2.23. The van der Waals surface area contributed by atoms with Crippen molar-refractivity contribution in [1.29, 1.82) is 0 Å². The number of aromatic amines is 1. The van der Waals surface area contributed by atoms with Crippen molar-refractivity contribution in [2.75, 3.05) is 12.4 Å². The van der Waals surface area contributed by atoms with Crippen LogP contribution in [0.15, 0.2) is 59.8 Å². The van der Waals surface area contributed by atoms with Gasteiger partial charge in [0.15, 0.2) is 9.84 Å². The molecule has 0 aliphatic carbocycles. The van der Waals surface area contributed by atoms with Gasteiger partial charge in [0, 0.05) is 29.4 Å². The monoisotopic (exact) mass is 617 g/mol. The maximum atomic E-state index is 14.4. The van der Waals surface area contributed by atoms with E-state index in [1.807, 2.05) is 20.8 Å². The summed E-state index contributed by atoms with van der Waals surface area (Å²) < 4.78 is 69.3. The van der Waals surface area contributed by atoms with Crippen LogP contribution in [-0.4, -0.2) is 51.5 Å². The van der Waals surface area contributed by atoms with Gasteiger partial charge in [-0.1, -0.05) is 58.0 Å². The molecule has 9 nitrogen and oxygen atoms in total. The van der Waals surface area contributed by atoms with E-state index in [4.69, 9.17) is 0 Å². The number of hydrogen-bond donors (Lipinski definition) is 3. The first kappa shape index (κ1) is 32.0. The number of rotatable bonds is 9. The minimum atomic E-state index is -4.67. The van der Waals surface area contributed by atoms with Crippen molar-refractivity contribution < 1.29 is 31.5 Å². The van der Waals surface area contributed by atoms with E-state index >= 15 is 0 Å². The fourth-order valence-corrected chi connectivity index (χ4v) is 5.81. The third-order valence-electron chi connectivity index (χ3n) is 7.19. The van der Waals surface area contributed by atoms with Crippen LogP contribution in [0, 0.1) is 6.92 Å². The lowest BCUT2D eigenvalue weighted by atomic mass is 9.94. The number of alkyl halides is 3. The number of halogens is 3. The Morgan fingerprint density at radius 1 is 1.12 bits per heavy atom. The molecule has 4 aromatic rings. The molecule has 0 spiro atoms. The number of aliphatic hydroxyl groups is 1. The summed E-state index contributed by atoms with van der Waals surface area (Å²) in [6.45, 7) is 8.02. The first-order valence-electron chi connectivity index (χ1n) is 13.6. The minimum Gasteiger partial charge on any atom is -0.394 e. The van der Waals surface area contributed by atoms with Gasteiger partial charge in [0.1, 0.15) is 11.5 Å². The third-order valence-corrected chi connectivity index (χ3v) is 8.94. The summed E-state index contributed by atoms with van der Waals surface area (Å²) in [5.41, 5.74) is -0.327. The Kier molecular flexibility index (Phi) is 8.89. The van der Waals surface area contributed by atoms with Crippen LogP contribution >= 0.6 is 0 Å². The van der Waals surface area contributed by atoms with Crippen LogP contribution in [0.2, 0.25) is 0 Å². The highest BCUT2D eigenvalue weighted by molar-refractivity contribution is 7.91. The summed E-state index contributed by atoms with van der Waals surface area (Å²) in [5.74, 6) is -0.288. The first-order chi connectivity index (χ1) is 20.1. The maximum absolute atomic E-state index is 14.4. The van der Waals surface area contributed by atoms with E-state index < -0.39 is 45.5 Å². The van der Waals surface area contributed by atoms with E-state index in [9.17, 15) is 31.5 Å². The van der Waals surface area contributed by atoms with Gasteiger partial charge in [0.2, 0.25) is 0 Å². The van der Waals surface area contributed by atoms with Crippen molar-refractivity contribution in [3.63, 3.8) is 0 Å². The summed E-state index contributed by atoms with van der Waals surface area (Å²) in [6.07, 6.45) is -1.94. The average molecular weight is 618 g/mol. The molecule has 0 bridgehead atoms. The second-order valence-corrected chi connectivity index (χ2v) is 13.5. The van der Waals surface area contributed by atoms with Gasteiger partial charge in [0.05, 0.1) is 35.1 Å². The van der Waals surface area contributed by atoms with Crippen LogP contribution in [0.25, 0.3) is 11.1 Å². The molecule has 0 saturated carbocycles. The number of benzene rings is 2. The second-order valence-electron chi connectivity index (χ2n) is 11.2. The summed E-state index contributed by atoms with van der Waals surface area (Å²) >= 11 is 0. The Labute approximate surface area is 248 Å². The molecular weight excluding hydrogens is 583 g/mol. The summed E-state index contributed by atoms with van der Waals surface area (Å²) in [7, 11) is -3.43. The standard InChI is InChI=1S/C30H34F3N5O4S/c1-6-43(41,42)22-12-10-19(11-13-22)24(17-39)36-27(40)26-18(2)38(28(37-26)29(3,4)5)16-20-8-7-9-23(21-14-34-35-15-21)25(20)30(31,32)33/h7-15,24,39H,6,16-17H2,1-5H3,(H,34,35)(H,36,40)/t24-/m0/s1. The molecule has 2 heterocycles. The van der Waals surface area contributed by atoms with E-state index in [2.05, 4.69) is 20.5 Å². The molecule has 0 saturated heterocycles. The quantitative estimate of drug-likeness (QED) is 0.237. The van der Waals surface area contributed by atoms with E-state index in [0.29, 0.717) is 22.6 Å². The van der Waals surface area contributed by atoms with Gasteiger partial charge in [-0.25, -0.2) is 13.4 Å². The van der Waals surface area contributed by atoms with E-state index in [1.165, 1.54) is 55.7 Å². The lowest BCUT2D eigenvalue weighted by molar-refractivity contribution is -0.137. The van der Waals surface area contributed by atoms with Crippen molar-refractivity contribution in [1.82, 2.24) is 25.1 Å². The van der Waals surface area contributed by atoms with E-state index in [-0.39, 0.29) is 34.0 Å². The molecule has 4 rings (SSSR count). The van der Waals surface area contributed by atoms with Crippen LogP contribution in [-0.2, 0) is 28.0 Å². The number of amides is 1. The molecule has 3 N–H and O–H groups in total. The number of H-pyrrole nitrogens is 1. The normalized spacial score (nSPS) is 13.2. The van der Waals surface area contributed by atoms with Crippen molar-refractivity contribution in [3.8, 4) is 11.1 Å². The molecule has 2 aromatic heterocycles. The lowest BCUT2D eigenvalue weighted by Crippen LogP contribution is -2.31. The highest BCUT2D eigenvalue weighted by Gasteiger charge is 2.37. The molecule has 1 atom stereocenters. The van der Waals surface area contributed by atoms with Gasteiger partial charge >= 0.3 is 6.18 Å². The highest BCUT2D eigenvalue weighted by atomic mass is 32.2. The van der Waals surface area contributed by atoms with E-state index in [1.54, 1.807) is 17.6 Å². The van der Waals surface area contributed by atoms with E-state index in [0.717, 1.165) is 0 Å². The van der Waals surface area contributed by atoms with Gasteiger partial charge in [0.25, 0.3) is 5.91 Å². The average Bonchev–Trinajstić information content (AvgIpc) is 3.60. The molecule has 0 unspecified atom stereocenters. The number of carbonyl (C=O) groups is 1. The van der Waals surface area contributed by atoms with Crippen molar-refractivity contribution in [2.45, 2.75) is 63.7 Å². The number of aromatic nitrogens is 4. The number of imidazole rings is 1. The van der Waals surface area contributed by atoms with Crippen LogP contribution in [0.5, 0.6) is 0 Å². The molecule has 0 radical (unpaired) electrons. The molecule has 230 valence electrons. The predicted molar refractivity (Wildman–Crippen MR) is 155 cm³/mol. The number of aliphatic hydroxyl groups excluding tert-OH is 1. The Morgan fingerprint density at radius 2 is 1.79 bits per heavy atom. The molecule has 1 amide bonds. The molecule has 0 aliphatic rings. The zero-order chi connectivity index (χ0) is 31.7. The fourth-order valence-electron chi connectivity index (χ4n) is 4.93. The Hall–Kier alpha value is -3.97. The van der Waals surface area contributed by atoms with Crippen LogP contribution in [0.1, 0.15) is 72.4 Å². The van der Waals surface area contributed by atoms with Gasteiger partial charge < -0.3 is 15.0 Å². The number of nitrogens with zero attached hydrogens (tertiary/aromatic N) is 3. The predicted octanol–water partition coefficient (Wildman–Crippen LogP) is 5.20. The van der Waals surface area contributed by atoms with Gasteiger partial charge in [-0.05, 0) is 35.7 Å². The van der Waals surface area contributed by atoms with Crippen molar-refractivity contribution >= 4 is 15.7 Å².